The monoisotopic (exact) mass is 167 g/mol. The molecule has 1 aromatic rings. The fourth-order valence-electron chi connectivity index (χ4n) is 0.821. The minimum absolute atomic E-state index is 0.135. The van der Waals surface area contributed by atoms with Crippen LogP contribution in [0.3, 0.4) is 0 Å². The number of hydrogen-bond acceptors (Lipinski definition) is 2. The largest absolute Gasteiger partial charge is 0.364 e. The summed E-state index contributed by atoms with van der Waals surface area (Å²) in [5.41, 5.74) is 6.33. The van der Waals surface area contributed by atoms with Gasteiger partial charge in [-0.3, -0.25) is 4.79 Å². The highest BCUT2D eigenvalue weighted by Gasteiger charge is 2.05. The van der Waals surface area contributed by atoms with E-state index in [1.54, 1.807) is 6.92 Å². The number of aromatic amines is 1. The molecule has 1 atom stereocenters. The molecule has 1 rings (SSSR count). The fraction of sp³-hybridized carbons (Fsp3) is 0.375. The molecule has 12 heavy (non-hydrogen) atoms. The zero-order chi connectivity index (χ0) is 8.97. The summed E-state index contributed by atoms with van der Waals surface area (Å²) < 4.78 is 0. The summed E-state index contributed by atoms with van der Waals surface area (Å²) in [6.45, 7) is 2.16. The molecule has 1 aromatic heterocycles. The van der Waals surface area contributed by atoms with Gasteiger partial charge in [-0.2, -0.15) is 0 Å². The maximum atomic E-state index is 11.0. The molecule has 4 heteroatoms. The first kappa shape index (κ1) is 8.80. The molecule has 1 unspecified atom stereocenters. The lowest BCUT2D eigenvalue weighted by Gasteiger charge is -2.05. The van der Waals surface area contributed by atoms with Crippen LogP contribution in [0.4, 0.5) is 0 Å². The molecule has 0 radical (unpaired) electrons. The van der Waals surface area contributed by atoms with Gasteiger partial charge in [0.05, 0.1) is 12.6 Å². The topological polar surface area (TPSA) is 70.9 Å². The normalized spacial score (nSPS) is 12.5. The van der Waals surface area contributed by atoms with Crippen LogP contribution >= 0.6 is 0 Å². The van der Waals surface area contributed by atoms with Crippen LogP contribution in [-0.4, -0.2) is 16.9 Å². The van der Waals surface area contributed by atoms with Crippen molar-refractivity contribution in [3.05, 3.63) is 24.0 Å². The molecule has 4 N–H and O–H groups in total. The second-order valence-corrected chi connectivity index (χ2v) is 2.70. The Morgan fingerprint density at radius 3 is 3.08 bits per heavy atom. The van der Waals surface area contributed by atoms with Crippen LogP contribution in [0.25, 0.3) is 0 Å². The molecular weight excluding hydrogens is 154 g/mol. The molecule has 0 aliphatic rings. The average molecular weight is 167 g/mol. The van der Waals surface area contributed by atoms with Crippen LogP contribution in [0.2, 0.25) is 0 Å². The van der Waals surface area contributed by atoms with Crippen molar-refractivity contribution >= 4 is 5.91 Å². The lowest BCUT2D eigenvalue weighted by Crippen LogP contribution is -2.37. The smallest absolute Gasteiger partial charge is 0.236 e. The standard InChI is InChI=1S/C8H13N3O/c1-6(9)8(12)11-5-7-3-2-4-10-7/h2-4,6,10H,5,9H2,1H3,(H,11,12). The van der Waals surface area contributed by atoms with Crippen molar-refractivity contribution < 1.29 is 4.79 Å². The van der Waals surface area contributed by atoms with Gasteiger partial charge in [-0.25, -0.2) is 0 Å². The number of aromatic nitrogens is 1. The first-order valence-electron chi connectivity index (χ1n) is 3.85. The first-order valence-corrected chi connectivity index (χ1v) is 3.85. The van der Waals surface area contributed by atoms with Crippen molar-refractivity contribution in [1.29, 1.82) is 0 Å². The number of nitrogens with two attached hydrogens (primary N) is 1. The number of rotatable bonds is 3. The second kappa shape index (κ2) is 3.92. The first-order chi connectivity index (χ1) is 5.70. The number of carbonyl (C=O) groups is 1. The van der Waals surface area contributed by atoms with Crippen molar-refractivity contribution in [2.45, 2.75) is 19.5 Å². The van der Waals surface area contributed by atoms with Crippen LogP contribution in [0.15, 0.2) is 18.3 Å². The molecule has 1 amide bonds. The van der Waals surface area contributed by atoms with Crippen LogP contribution in [0.1, 0.15) is 12.6 Å². The number of carbonyl (C=O) groups excluding carboxylic acids is 1. The van der Waals surface area contributed by atoms with Crippen LogP contribution in [0.5, 0.6) is 0 Å². The summed E-state index contributed by atoms with van der Waals surface area (Å²) >= 11 is 0. The predicted octanol–water partition coefficient (Wildman–Crippen LogP) is -0.0219. The van der Waals surface area contributed by atoms with Crippen molar-refractivity contribution in [2.75, 3.05) is 0 Å². The minimum Gasteiger partial charge on any atom is -0.364 e. The molecular formula is C8H13N3O. The Labute approximate surface area is 71.2 Å². The van der Waals surface area contributed by atoms with Gasteiger partial charge in [0.1, 0.15) is 0 Å². The van der Waals surface area contributed by atoms with Gasteiger partial charge >= 0.3 is 0 Å². The van der Waals surface area contributed by atoms with Gasteiger partial charge in [-0.1, -0.05) is 0 Å². The minimum atomic E-state index is -0.444. The van der Waals surface area contributed by atoms with Crippen molar-refractivity contribution in [3.8, 4) is 0 Å². The lowest BCUT2D eigenvalue weighted by atomic mass is 10.3. The van der Waals surface area contributed by atoms with Gasteiger partial charge in [0.15, 0.2) is 0 Å². The molecule has 1 heterocycles. The zero-order valence-corrected chi connectivity index (χ0v) is 7.00. The number of H-pyrrole nitrogens is 1. The van der Waals surface area contributed by atoms with Crippen molar-refractivity contribution in [2.24, 2.45) is 5.73 Å². The molecule has 0 bridgehead atoms. The summed E-state index contributed by atoms with van der Waals surface area (Å²) in [4.78, 5) is 14.0. The van der Waals surface area contributed by atoms with E-state index in [1.807, 2.05) is 18.3 Å². The Hall–Kier alpha value is -1.29. The maximum Gasteiger partial charge on any atom is 0.236 e. The number of amides is 1. The highest BCUT2D eigenvalue weighted by Crippen LogP contribution is 1.92. The third-order valence-electron chi connectivity index (χ3n) is 1.53. The molecule has 0 saturated heterocycles. The molecule has 4 nitrogen and oxygen atoms in total. The van der Waals surface area contributed by atoms with Crippen molar-refractivity contribution in [1.82, 2.24) is 10.3 Å². The van der Waals surface area contributed by atoms with Gasteiger partial charge in [0.2, 0.25) is 5.91 Å². The summed E-state index contributed by atoms with van der Waals surface area (Å²) in [5, 5.41) is 2.69. The van der Waals surface area contributed by atoms with Crippen LogP contribution in [-0.2, 0) is 11.3 Å². The van der Waals surface area contributed by atoms with Gasteiger partial charge < -0.3 is 16.0 Å². The van der Waals surface area contributed by atoms with E-state index in [0.29, 0.717) is 6.54 Å². The van der Waals surface area contributed by atoms with E-state index in [2.05, 4.69) is 10.3 Å². The summed E-state index contributed by atoms with van der Waals surface area (Å²) in [6, 6.07) is 3.34. The third kappa shape index (κ3) is 2.39. The van der Waals surface area contributed by atoms with E-state index in [-0.39, 0.29) is 5.91 Å². The number of nitrogens with one attached hydrogen (secondary N) is 2. The van der Waals surface area contributed by atoms with Gasteiger partial charge in [0, 0.05) is 11.9 Å². The SMILES string of the molecule is CC(N)C(=O)NCc1ccc[nH]1. The van der Waals surface area contributed by atoms with Gasteiger partial charge in [0.25, 0.3) is 0 Å². The van der Waals surface area contributed by atoms with Crippen LogP contribution < -0.4 is 11.1 Å². The fourth-order valence-corrected chi connectivity index (χ4v) is 0.821. The van der Waals surface area contributed by atoms with Gasteiger partial charge in [-0.05, 0) is 19.1 Å². The Morgan fingerprint density at radius 1 is 1.83 bits per heavy atom. The van der Waals surface area contributed by atoms with Crippen LogP contribution in [0, 0.1) is 0 Å². The molecule has 0 aromatic carbocycles. The third-order valence-corrected chi connectivity index (χ3v) is 1.53. The maximum absolute atomic E-state index is 11.0. The van der Waals surface area contributed by atoms with E-state index < -0.39 is 6.04 Å². The van der Waals surface area contributed by atoms with Gasteiger partial charge in [-0.15, -0.1) is 0 Å². The number of hydrogen-bond donors (Lipinski definition) is 3. The highest BCUT2D eigenvalue weighted by molar-refractivity contribution is 5.80. The molecule has 0 aliphatic carbocycles. The Morgan fingerprint density at radius 2 is 2.58 bits per heavy atom. The van der Waals surface area contributed by atoms with E-state index in [9.17, 15) is 4.79 Å². The Balaban J connectivity index is 2.32. The second-order valence-electron chi connectivity index (χ2n) is 2.70. The van der Waals surface area contributed by atoms with E-state index in [0.717, 1.165) is 5.69 Å². The highest BCUT2D eigenvalue weighted by atomic mass is 16.2. The Bertz CT molecular complexity index is 241. The molecule has 66 valence electrons. The molecule has 0 fully saturated rings. The predicted molar refractivity (Wildman–Crippen MR) is 46.3 cm³/mol. The Kier molecular flexibility index (Phi) is 2.88. The summed E-state index contributed by atoms with van der Waals surface area (Å²) in [7, 11) is 0. The average Bonchev–Trinajstić information content (AvgIpc) is 2.51. The summed E-state index contributed by atoms with van der Waals surface area (Å²) in [6.07, 6.45) is 1.81. The molecule has 0 spiro atoms. The molecule has 0 aliphatic heterocycles. The van der Waals surface area contributed by atoms with E-state index in [4.69, 9.17) is 5.73 Å². The summed E-state index contributed by atoms with van der Waals surface area (Å²) in [5.74, 6) is -0.135. The van der Waals surface area contributed by atoms with Crippen molar-refractivity contribution in [3.63, 3.8) is 0 Å². The molecule has 0 saturated carbocycles. The van der Waals surface area contributed by atoms with E-state index in [1.165, 1.54) is 0 Å². The zero-order valence-electron chi connectivity index (χ0n) is 7.00. The van der Waals surface area contributed by atoms with E-state index >= 15 is 0 Å². The quantitative estimate of drug-likeness (QED) is 0.592. The lowest BCUT2D eigenvalue weighted by molar-refractivity contribution is -0.122.